The van der Waals surface area contributed by atoms with Crippen LogP contribution in [0.5, 0.6) is 0 Å². The van der Waals surface area contributed by atoms with E-state index in [0.717, 1.165) is 16.6 Å². The molecular weight excluding hydrogens is 244 g/mol. The van der Waals surface area contributed by atoms with Crippen LogP contribution in [0.3, 0.4) is 0 Å². The van der Waals surface area contributed by atoms with Gasteiger partial charge in [0.15, 0.2) is 0 Å². The van der Waals surface area contributed by atoms with Gasteiger partial charge in [-0.1, -0.05) is 12.1 Å². The second-order valence-corrected chi connectivity index (χ2v) is 3.84. The highest BCUT2D eigenvalue weighted by Gasteiger charge is 2.18. The zero-order valence-electron chi connectivity index (χ0n) is 7.48. The van der Waals surface area contributed by atoms with E-state index >= 15 is 0 Å². The number of carbonyl (C=O) groups is 1. The first-order valence-corrected chi connectivity index (χ1v) is 5.17. The second kappa shape index (κ2) is 3.92. The lowest BCUT2D eigenvalue weighted by molar-refractivity contribution is 0.253. The molecule has 1 aromatic carbocycles. The topological polar surface area (TPSA) is 32.7 Å². The molecule has 4 heteroatoms. The Balaban J connectivity index is 2.35. The molecule has 1 aliphatic heterocycles. The Morgan fingerprint density at radius 3 is 2.86 bits per heavy atom. The summed E-state index contributed by atoms with van der Waals surface area (Å²) in [5, 5.41) is 0. The van der Waals surface area contributed by atoms with Crippen molar-refractivity contribution < 1.29 is 4.79 Å². The van der Waals surface area contributed by atoms with E-state index in [-0.39, 0.29) is 6.03 Å². The van der Waals surface area contributed by atoms with Crippen LogP contribution in [0.25, 0.3) is 0 Å². The number of anilines is 1. The fraction of sp³-hybridized carbons (Fsp3) is 0.200. The van der Waals surface area contributed by atoms with Crippen LogP contribution in [-0.2, 0) is 0 Å². The van der Waals surface area contributed by atoms with Crippen molar-refractivity contribution in [2.75, 3.05) is 11.4 Å². The third-order valence-corrected chi connectivity index (χ3v) is 2.73. The average molecular weight is 253 g/mol. The number of para-hydroxylation sites is 1. The summed E-state index contributed by atoms with van der Waals surface area (Å²) in [5.74, 6) is 0. The normalized spacial score (nSPS) is 16.1. The van der Waals surface area contributed by atoms with Crippen molar-refractivity contribution in [3.05, 3.63) is 28.7 Å². The van der Waals surface area contributed by atoms with Crippen LogP contribution in [0.4, 0.5) is 10.5 Å². The molecule has 0 N–H and O–H groups in total. The van der Waals surface area contributed by atoms with Crippen LogP contribution in [0, 0.1) is 0 Å². The van der Waals surface area contributed by atoms with Gasteiger partial charge in [0.05, 0.1) is 5.69 Å². The summed E-state index contributed by atoms with van der Waals surface area (Å²) in [7, 11) is 0. The molecule has 2 rings (SSSR count). The first-order chi connectivity index (χ1) is 6.79. The Labute approximate surface area is 90.6 Å². The Hall–Kier alpha value is -1.16. The summed E-state index contributed by atoms with van der Waals surface area (Å²) >= 11 is 3.41. The molecule has 0 saturated heterocycles. The van der Waals surface area contributed by atoms with Gasteiger partial charge in [0.25, 0.3) is 0 Å². The molecule has 2 amide bonds. The van der Waals surface area contributed by atoms with Gasteiger partial charge in [-0.2, -0.15) is 0 Å². The second-order valence-electron chi connectivity index (χ2n) is 2.99. The molecule has 3 nitrogen and oxygen atoms in total. The Morgan fingerprint density at radius 2 is 2.14 bits per heavy atom. The summed E-state index contributed by atoms with van der Waals surface area (Å²) in [6, 6.07) is 7.46. The van der Waals surface area contributed by atoms with E-state index in [0.29, 0.717) is 6.54 Å². The van der Waals surface area contributed by atoms with Crippen molar-refractivity contribution >= 4 is 33.9 Å². The molecule has 0 fully saturated rings. The highest BCUT2D eigenvalue weighted by atomic mass is 79.9. The van der Waals surface area contributed by atoms with E-state index in [4.69, 9.17) is 0 Å². The number of carbonyl (C=O) groups excluding carboxylic acids is 1. The largest absolute Gasteiger partial charge is 0.347 e. The lowest BCUT2D eigenvalue weighted by Crippen LogP contribution is -2.32. The highest BCUT2D eigenvalue weighted by Crippen LogP contribution is 2.27. The molecule has 72 valence electrons. The Morgan fingerprint density at radius 1 is 1.36 bits per heavy atom. The maximum Gasteiger partial charge on any atom is 0.347 e. The van der Waals surface area contributed by atoms with Crippen molar-refractivity contribution in [3.63, 3.8) is 0 Å². The molecule has 0 radical (unpaired) electrons. The molecule has 1 aliphatic rings. The Kier molecular flexibility index (Phi) is 2.63. The third-order valence-electron chi connectivity index (χ3n) is 2.06. The molecule has 1 heterocycles. The lowest BCUT2D eigenvalue weighted by Gasteiger charge is -2.23. The van der Waals surface area contributed by atoms with Crippen molar-refractivity contribution in [3.8, 4) is 0 Å². The number of hydrogen-bond donors (Lipinski definition) is 0. The van der Waals surface area contributed by atoms with Gasteiger partial charge in [-0.15, -0.1) is 0 Å². The number of nitrogens with zero attached hydrogens (tertiary/aromatic N) is 2. The van der Waals surface area contributed by atoms with Crippen LogP contribution in [0.2, 0.25) is 0 Å². The van der Waals surface area contributed by atoms with Gasteiger partial charge in [-0.3, -0.25) is 4.90 Å². The monoisotopic (exact) mass is 252 g/mol. The molecule has 0 spiro atoms. The van der Waals surface area contributed by atoms with E-state index in [1.165, 1.54) is 0 Å². The van der Waals surface area contributed by atoms with E-state index < -0.39 is 0 Å². The molecule has 1 aromatic rings. The number of urea groups is 1. The van der Waals surface area contributed by atoms with E-state index in [1.807, 2.05) is 24.3 Å². The third kappa shape index (κ3) is 1.70. The van der Waals surface area contributed by atoms with E-state index in [2.05, 4.69) is 20.9 Å². The minimum Gasteiger partial charge on any atom is -0.291 e. The van der Waals surface area contributed by atoms with Crippen LogP contribution in [-0.4, -0.2) is 18.8 Å². The summed E-state index contributed by atoms with van der Waals surface area (Å²) in [6.07, 6.45) is 2.47. The minimum absolute atomic E-state index is 0.192. The quantitative estimate of drug-likeness (QED) is 0.757. The minimum atomic E-state index is -0.192. The summed E-state index contributed by atoms with van der Waals surface area (Å²) in [6.45, 7) is 0.699. The van der Waals surface area contributed by atoms with Crippen molar-refractivity contribution in [1.29, 1.82) is 0 Å². The van der Waals surface area contributed by atoms with Crippen LogP contribution in [0.15, 0.2) is 33.7 Å². The predicted molar refractivity (Wildman–Crippen MR) is 60.0 cm³/mol. The van der Waals surface area contributed by atoms with Crippen molar-refractivity contribution in [1.82, 2.24) is 0 Å². The number of rotatable bonds is 1. The molecule has 14 heavy (non-hydrogen) atoms. The van der Waals surface area contributed by atoms with Gasteiger partial charge < -0.3 is 0 Å². The summed E-state index contributed by atoms with van der Waals surface area (Å²) < 4.78 is 0.922. The zero-order chi connectivity index (χ0) is 9.97. The average Bonchev–Trinajstić information content (AvgIpc) is 2.20. The maximum absolute atomic E-state index is 11.5. The van der Waals surface area contributed by atoms with Crippen molar-refractivity contribution in [2.24, 2.45) is 4.99 Å². The summed E-state index contributed by atoms with van der Waals surface area (Å²) in [5.41, 5.74) is 0.884. The smallest absolute Gasteiger partial charge is 0.291 e. The predicted octanol–water partition coefficient (Wildman–Crippen LogP) is 2.85. The fourth-order valence-electron chi connectivity index (χ4n) is 1.39. The first kappa shape index (κ1) is 9.40. The van der Waals surface area contributed by atoms with Gasteiger partial charge in [-0.05, 0) is 28.1 Å². The standard InChI is InChI=1S/C10H9BrN2O/c11-8-4-1-2-5-9(8)13-7-3-6-12-10(13)14/h1-2,4-6H,3,7H2. The molecule has 0 aromatic heterocycles. The van der Waals surface area contributed by atoms with Crippen LogP contribution >= 0.6 is 15.9 Å². The SMILES string of the molecule is O=C1N=CCCN1c1ccccc1Br. The van der Waals surface area contributed by atoms with Gasteiger partial charge in [0.1, 0.15) is 0 Å². The van der Waals surface area contributed by atoms with Crippen molar-refractivity contribution in [2.45, 2.75) is 6.42 Å². The van der Waals surface area contributed by atoms with Crippen LogP contribution < -0.4 is 4.90 Å². The fourth-order valence-corrected chi connectivity index (χ4v) is 1.89. The Bertz CT molecular complexity index is 389. The number of aliphatic imine (C=N–C) groups is 1. The number of halogens is 1. The molecular formula is C10H9BrN2O. The van der Waals surface area contributed by atoms with E-state index in [9.17, 15) is 4.79 Å². The zero-order valence-corrected chi connectivity index (χ0v) is 9.07. The maximum atomic E-state index is 11.5. The molecule has 0 aliphatic carbocycles. The van der Waals surface area contributed by atoms with E-state index in [1.54, 1.807) is 11.1 Å². The number of benzene rings is 1. The molecule has 0 bridgehead atoms. The van der Waals surface area contributed by atoms with Gasteiger partial charge in [0, 0.05) is 23.7 Å². The lowest BCUT2D eigenvalue weighted by atomic mass is 10.2. The summed E-state index contributed by atoms with van der Waals surface area (Å²) in [4.78, 5) is 16.9. The molecule has 0 unspecified atom stereocenters. The molecule has 0 saturated carbocycles. The van der Waals surface area contributed by atoms with Crippen LogP contribution in [0.1, 0.15) is 6.42 Å². The van der Waals surface area contributed by atoms with Gasteiger partial charge in [0.2, 0.25) is 0 Å². The van der Waals surface area contributed by atoms with Gasteiger partial charge in [-0.25, -0.2) is 9.79 Å². The number of hydrogen-bond acceptors (Lipinski definition) is 1. The number of amides is 2. The molecule has 0 atom stereocenters. The van der Waals surface area contributed by atoms with Gasteiger partial charge >= 0.3 is 6.03 Å². The highest BCUT2D eigenvalue weighted by molar-refractivity contribution is 9.10. The first-order valence-electron chi connectivity index (χ1n) is 4.37.